The summed E-state index contributed by atoms with van der Waals surface area (Å²) in [5, 5.41) is 0. The molecule has 2 aromatic carbocycles. The molecule has 1 heterocycles. The first-order valence-electron chi connectivity index (χ1n) is 7.03. The minimum Gasteiger partial charge on any atom is -0.492 e. The van der Waals surface area contributed by atoms with Crippen molar-refractivity contribution in [2.45, 2.75) is 24.9 Å². The molecule has 0 fully saturated rings. The van der Waals surface area contributed by atoms with E-state index in [1.54, 1.807) is 0 Å². The predicted octanol–water partition coefficient (Wildman–Crippen LogP) is 2.19. The van der Waals surface area contributed by atoms with Gasteiger partial charge in [-0.05, 0) is 29.2 Å². The third kappa shape index (κ3) is 2.55. The van der Waals surface area contributed by atoms with E-state index in [9.17, 15) is 0 Å². The number of ether oxygens (including phenoxy) is 1. The summed E-state index contributed by atoms with van der Waals surface area (Å²) in [6, 6.07) is 16.7. The van der Waals surface area contributed by atoms with Gasteiger partial charge in [0.25, 0.3) is 0 Å². The van der Waals surface area contributed by atoms with Crippen LogP contribution in [0.1, 0.15) is 22.6 Å². The lowest BCUT2D eigenvalue weighted by atomic mass is 9.84. The smallest absolute Gasteiger partial charge is 0.122 e. The average Bonchev–Trinajstić information content (AvgIpc) is 2.51. The van der Waals surface area contributed by atoms with Crippen molar-refractivity contribution in [3.05, 3.63) is 65.2 Å². The molecule has 2 atom stereocenters. The fourth-order valence-corrected chi connectivity index (χ4v) is 2.81. The molecule has 0 unspecified atom stereocenters. The van der Waals surface area contributed by atoms with Crippen LogP contribution in [0.3, 0.4) is 0 Å². The zero-order valence-electron chi connectivity index (χ0n) is 11.5. The van der Waals surface area contributed by atoms with E-state index in [1.807, 2.05) is 18.2 Å². The molecule has 0 bridgehead atoms. The summed E-state index contributed by atoms with van der Waals surface area (Å²) in [5.74, 6) is 1.23. The summed E-state index contributed by atoms with van der Waals surface area (Å²) in [5.41, 5.74) is 15.6. The summed E-state index contributed by atoms with van der Waals surface area (Å²) in [6.45, 7) is 1.12. The maximum atomic E-state index is 6.28. The molecule has 0 amide bonds. The van der Waals surface area contributed by atoms with Crippen molar-refractivity contribution in [1.29, 1.82) is 0 Å². The van der Waals surface area contributed by atoms with Crippen LogP contribution in [0, 0.1) is 0 Å². The van der Waals surface area contributed by atoms with Gasteiger partial charge in [0.1, 0.15) is 12.4 Å². The summed E-state index contributed by atoms with van der Waals surface area (Å²) in [4.78, 5) is 0. The van der Waals surface area contributed by atoms with Gasteiger partial charge in [-0.3, -0.25) is 0 Å². The molecule has 1 aliphatic heterocycles. The topological polar surface area (TPSA) is 61.3 Å². The van der Waals surface area contributed by atoms with Crippen LogP contribution in [0.15, 0.2) is 48.5 Å². The molecular weight excluding hydrogens is 248 g/mol. The van der Waals surface area contributed by atoms with Crippen LogP contribution in [-0.4, -0.2) is 12.6 Å². The number of rotatable bonds is 3. The normalized spacial score (nSPS) is 21.1. The minimum absolute atomic E-state index is 0.0238. The van der Waals surface area contributed by atoms with E-state index in [1.165, 1.54) is 11.1 Å². The predicted molar refractivity (Wildman–Crippen MR) is 80.7 cm³/mol. The van der Waals surface area contributed by atoms with E-state index >= 15 is 0 Å². The largest absolute Gasteiger partial charge is 0.492 e. The highest BCUT2D eigenvalue weighted by molar-refractivity contribution is 5.43. The third-order valence-corrected chi connectivity index (χ3v) is 3.96. The van der Waals surface area contributed by atoms with Crippen LogP contribution in [0.25, 0.3) is 0 Å². The van der Waals surface area contributed by atoms with Gasteiger partial charge in [0, 0.05) is 18.5 Å². The molecule has 3 heteroatoms. The molecule has 0 radical (unpaired) electrons. The average molecular weight is 268 g/mol. The van der Waals surface area contributed by atoms with Crippen molar-refractivity contribution < 1.29 is 4.74 Å². The maximum absolute atomic E-state index is 6.28. The van der Waals surface area contributed by atoms with Crippen LogP contribution in [0.2, 0.25) is 0 Å². The molecule has 1 aliphatic rings. The van der Waals surface area contributed by atoms with Gasteiger partial charge in [0.15, 0.2) is 0 Å². The Labute approximate surface area is 119 Å². The van der Waals surface area contributed by atoms with E-state index < -0.39 is 0 Å². The van der Waals surface area contributed by atoms with Gasteiger partial charge in [-0.25, -0.2) is 0 Å². The minimum atomic E-state index is 0.0238. The number of hydrogen-bond donors (Lipinski definition) is 2. The van der Waals surface area contributed by atoms with Gasteiger partial charge in [0.2, 0.25) is 0 Å². The molecule has 104 valence electrons. The van der Waals surface area contributed by atoms with Crippen LogP contribution in [0.5, 0.6) is 5.75 Å². The van der Waals surface area contributed by atoms with Gasteiger partial charge < -0.3 is 16.2 Å². The highest BCUT2D eigenvalue weighted by atomic mass is 16.5. The van der Waals surface area contributed by atoms with E-state index in [2.05, 4.69) is 30.3 Å². The van der Waals surface area contributed by atoms with Gasteiger partial charge in [-0.1, -0.05) is 42.5 Å². The van der Waals surface area contributed by atoms with Crippen LogP contribution in [0.4, 0.5) is 0 Å². The first kappa shape index (κ1) is 13.2. The molecule has 20 heavy (non-hydrogen) atoms. The molecule has 0 aromatic heterocycles. The number of hydrogen-bond acceptors (Lipinski definition) is 3. The Morgan fingerprint density at radius 2 is 1.85 bits per heavy atom. The van der Waals surface area contributed by atoms with Crippen molar-refractivity contribution in [3.63, 3.8) is 0 Å². The van der Waals surface area contributed by atoms with Crippen LogP contribution >= 0.6 is 0 Å². The Morgan fingerprint density at radius 1 is 1.05 bits per heavy atom. The highest BCUT2D eigenvalue weighted by Crippen LogP contribution is 2.35. The van der Waals surface area contributed by atoms with Gasteiger partial charge in [-0.15, -0.1) is 0 Å². The Balaban J connectivity index is 1.94. The quantitative estimate of drug-likeness (QED) is 0.897. The summed E-state index contributed by atoms with van der Waals surface area (Å²) in [6.07, 6.45) is 0.937. The molecule has 0 saturated carbocycles. The zero-order chi connectivity index (χ0) is 13.9. The molecule has 3 nitrogen and oxygen atoms in total. The van der Waals surface area contributed by atoms with Crippen LogP contribution in [-0.2, 0) is 13.0 Å². The summed E-state index contributed by atoms with van der Waals surface area (Å²) in [7, 11) is 0. The monoisotopic (exact) mass is 268 g/mol. The second kappa shape index (κ2) is 5.65. The Hall–Kier alpha value is -1.84. The van der Waals surface area contributed by atoms with Crippen LogP contribution < -0.4 is 16.2 Å². The molecule has 2 aromatic rings. The van der Waals surface area contributed by atoms with E-state index in [0.29, 0.717) is 13.2 Å². The SMILES string of the molecule is NCc1ccc2c(c1)[C@H](Cc1ccccc1)[C@H](N)CO2. The fourth-order valence-electron chi connectivity index (χ4n) is 2.81. The second-order valence-corrected chi connectivity index (χ2v) is 5.35. The maximum Gasteiger partial charge on any atom is 0.122 e. The summed E-state index contributed by atoms with van der Waals surface area (Å²) < 4.78 is 5.74. The van der Waals surface area contributed by atoms with E-state index in [4.69, 9.17) is 16.2 Å². The lowest BCUT2D eigenvalue weighted by molar-refractivity contribution is 0.238. The Bertz CT molecular complexity index is 583. The number of fused-ring (bicyclic) bond motifs is 1. The molecule has 4 N–H and O–H groups in total. The number of nitrogens with two attached hydrogens (primary N) is 2. The first-order chi connectivity index (χ1) is 9.78. The van der Waals surface area contributed by atoms with Crippen molar-refractivity contribution in [2.24, 2.45) is 11.5 Å². The van der Waals surface area contributed by atoms with E-state index in [-0.39, 0.29) is 12.0 Å². The highest BCUT2D eigenvalue weighted by Gasteiger charge is 2.28. The molecule has 3 rings (SSSR count). The lowest BCUT2D eigenvalue weighted by Crippen LogP contribution is -2.39. The Kier molecular flexibility index (Phi) is 3.72. The summed E-state index contributed by atoms with van der Waals surface area (Å²) >= 11 is 0. The van der Waals surface area contributed by atoms with Crippen molar-refractivity contribution in [2.75, 3.05) is 6.61 Å². The van der Waals surface area contributed by atoms with Gasteiger partial charge >= 0.3 is 0 Å². The van der Waals surface area contributed by atoms with Gasteiger partial charge in [0.05, 0.1) is 0 Å². The van der Waals surface area contributed by atoms with Gasteiger partial charge in [-0.2, -0.15) is 0 Å². The molecule has 0 saturated heterocycles. The first-order valence-corrected chi connectivity index (χ1v) is 7.03. The molecule has 0 aliphatic carbocycles. The van der Waals surface area contributed by atoms with Crippen molar-refractivity contribution >= 4 is 0 Å². The molecule has 0 spiro atoms. The second-order valence-electron chi connectivity index (χ2n) is 5.35. The Morgan fingerprint density at radius 3 is 2.60 bits per heavy atom. The molecular formula is C17H20N2O. The van der Waals surface area contributed by atoms with Crippen molar-refractivity contribution in [3.8, 4) is 5.75 Å². The standard InChI is InChI=1S/C17H20N2O/c18-10-13-6-7-17-15(9-13)14(16(19)11-20-17)8-12-4-2-1-3-5-12/h1-7,9,14,16H,8,10-11,18-19H2/t14-,16+/m0/s1. The van der Waals surface area contributed by atoms with Crippen molar-refractivity contribution in [1.82, 2.24) is 0 Å². The fraction of sp³-hybridized carbons (Fsp3) is 0.294. The zero-order valence-corrected chi connectivity index (χ0v) is 11.5. The third-order valence-electron chi connectivity index (χ3n) is 3.96. The van der Waals surface area contributed by atoms with E-state index in [0.717, 1.165) is 17.7 Å². The number of benzene rings is 2. The lowest BCUT2D eigenvalue weighted by Gasteiger charge is -2.32.